The number of hydrogen-bond donors (Lipinski definition) is 2. The molecule has 3 N–H and O–H groups in total. The van der Waals surface area contributed by atoms with Crippen molar-refractivity contribution in [2.75, 3.05) is 24.5 Å². The topological polar surface area (TPSA) is 108 Å². The number of pyridine rings is 2. The van der Waals surface area contributed by atoms with Gasteiger partial charge in [-0.25, -0.2) is 14.5 Å². The predicted octanol–water partition coefficient (Wildman–Crippen LogP) is 3.79. The zero-order valence-corrected chi connectivity index (χ0v) is 22.0. The molecule has 0 aromatic carbocycles. The highest BCUT2D eigenvalue weighted by Crippen LogP contribution is 2.38. The Hall–Kier alpha value is -3.46. The highest BCUT2D eigenvalue weighted by atomic mass is 16.1. The number of anilines is 1. The first-order valence-corrected chi connectivity index (χ1v) is 12.8. The highest BCUT2D eigenvalue weighted by molar-refractivity contribution is 5.90. The average Bonchev–Trinajstić information content (AvgIpc) is 3.45. The summed E-state index contributed by atoms with van der Waals surface area (Å²) in [5.41, 5.74) is 14.1. The second-order valence-corrected chi connectivity index (χ2v) is 10.5. The van der Waals surface area contributed by atoms with E-state index in [0.717, 1.165) is 52.4 Å². The molecule has 1 aliphatic rings. The summed E-state index contributed by atoms with van der Waals surface area (Å²) in [6.07, 6.45) is 4.06. The number of aromatic amines is 1. The smallest absolute Gasteiger partial charge is 0.218 e. The number of aromatic nitrogens is 5. The fraction of sp³-hybridized carbons (Fsp3) is 0.481. The molecule has 0 saturated carbocycles. The van der Waals surface area contributed by atoms with Gasteiger partial charge in [0.1, 0.15) is 12.1 Å². The Morgan fingerprint density at radius 3 is 2.67 bits per heavy atom. The summed E-state index contributed by atoms with van der Waals surface area (Å²) in [6.45, 7) is 15.6. The number of aryl methyl sites for hydroxylation is 1. The Morgan fingerprint density at radius 2 is 1.94 bits per heavy atom. The lowest BCUT2D eigenvalue weighted by molar-refractivity contribution is -0.118. The Labute approximate surface area is 211 Å². The van der Waals surface area contributed by atoms with Crippen molar-refractivity contribution in [3.05, 3.63) is 41.3 Å². The normalized spacial score (nSPS) is 19.1. The first-order valence-electron chi connectivity index (χ1n) is 12.8. The number of carbonyl (C=O) groups excluding carboxylic acids is 1. The van der Waals surface area contributed by atoms with E-state index in [2.05, 4.69) is 84.7 Å². The maximum absolute atomic E-state index is 11.3. The fourth-order valence-electron chi connectivity index (χ4n) is 5.55. The van der Waals surface area contributed by atoms with E-state index in [1.165, 1.54) is 11.1 Å². The summed E-state index contributed by atoms with van der Waals surface area (Å²) in [4.78, 5) is 29.3. The Morgan fingerprint density at radius 1 is 1.17 bits per heavy atom. The predicted molar refractivity (Wildman–Crippen MR) is 143 cm³/mol. The number of amides is 1. The summed E-state index contributed by atoms with van der Waals surface area (Å²) in [6, 6.07) is 4.86. The van der Waals surface area contributed by atoms with Crippen LogP contribution in [0.3, 0.4) is 0 Å². The third-order valence-corrected chi connectivity index (χ3v) is 7.69. The molecular formula is C27H36N8O. The zero-order chi connectivity index (χ0) is 25.7. The molecule has 36 heavy (non-hydrogen) atoms. The first kappa shape index (κ1) is 24.2. The molecule has 1 fully saturated rings. The largest absolute Gasteiger partial charge is 0.370 e. The van der Waals surface area contributed by atoms with Gasteiger partial charge in [-0.3, -0.25) is 9.69 Å². The number of fused-ring (bicyclic) bond motifs is 2. The monoisotopic (exact) mass is 488 g/mol. The van der Waals surface area contributed by atoms with Crippen molar-refractivity contribution in [3.63, 3.8) is 0 Å². The lowest BCUT2D eigenvalue weighted by Gasteiger charge is -2.44. The number of H-pyrrole nitrogens is 1. The van der Waals surface area contributed by atoms with E-state index in [0.29, 0.717) is 19.0 Å². The molecule has 5 heterocycles. The van der Waals surface area contributed by atoms with Gasteiger partial charge in [-0.2, -0.15) is 5.10 Å². The molecule has 9 heteroatoms. The Balaban J connectivity index is 1.54. The summed E-state index contributed by atoms with van der Waals surface area (Å²) in [7, 11) is 0. The van der Waals surface area contributed by atoms with Crippen LogP contribution in [0.1, 0.15) is 56.7 Å². The SMILES string of the molecule is Cc1c(-c2[nH]c3ccc(N4C[C@H](C)N(CCC(N)=O)C[C@H]4C)nc3c2C(C)C)cn2ncnc2c1C. The van der Waals surface area contributed by atoms with Crippen LogP contribution in [0.5, 0.6) is 0 Å². The summed E-state index contributed by atoms with van der Waals surface area (Å²) in [5.74, 6) is 1.02. The van der Waals surface area contributed by atoms with E-state index in [4.69, 9.17) is 10.7 Å². The van der Waals surface area contributed by atoms with Gasteiger partial charge in [0.2, 0.25) is 5.91 Å². The van der Waals surface area contributed by atoms with Crippen LogP contribution in [0.15, 0.2) is 24.7 Å². The average molecular weight is 489 g/mol. The Bertz CT molecular complexity index is 1430. The van der Waals surface area contributed by atoms with E-state index in [1.54, 1.807) is 6.33 Å². The number of nitrogens with two attached hydrogens (primary N) is 1. The Kier molecular flexibility index (Phi) is 6.20. The van der Waals surface area contributed by atoms with Crippen molar-refractivity contribution in [3.8, 4) is 11.3 Å². The number of carbonyl (C=O) groups is 1. The van der Waals surface area contributed by atoms with E-state index < -0.39 is 0 Å². The molecule has 5 rings (SSSR count). The minimum Gasteiger partial charge on any atom is -0.370 e. The van der Waals surface area contributed by atoms with Crippen LogP contribution in [-0.4, -0.2) is 67.1 Å². The molecule has 0 radical (unpaired) electrons. The van der Waals surface area contributed by atoms with Crippen LogP contribution in [-0.2, 0) is 4.79 Å². The number of nitrogens with one attached hydrogen (secondary N) is 1. The number of primary amides is 1. The lowest BCUT2D eigenvalue weighted by Crippen LogP contribution is -2.57. The molecule has 4 aromatic heterocycles. The van der Waals surface area contributed by atoms with Crippen LogP contribution in [0.25, 0.3) is 27.9 Å². The third kappa shape index (κ3) is 4.11. The molecule has 2 atom stereocenters. The fourth-order valence-corrected chi connectivity index (χ4v) is 5.55. The van der Waals surface area contributed by atoms with Crippen LogP contribution >= 0.6 is 0 Å². The van der Waals surface area contributed by atoms with Gasteiger partial charge < -0.3 is 15.6 Å². The van der Waals surface area contributed by atoms with Crippen LogP contribution in [0.4, 0.5) is 5.82 Å². The van der Waals surface area contributed by atoms with E-state index in [9.17, 15) is 4.79 Å². The molecular weight excluding hydrogens is 452 g/mol. The van der Waals surface area contributed by atoms with Crippen molar-refractivity contribution in [2.45, 2.75) is 66.0 Å². The number of rotatable bonds is 6. The molecule has 190 valence electrons. The number of nitrogens with zero attached hydrogens (tertiary/aromatic N) is 6. The quantitative estimate of drug-likeness (QED) is 0.428. The van der Waals surface area contributed by atoms with Gasteiger partial charge in [0.05, 0.1) is 16.7 Å². The van der Waals surface area contributed by atoms with Gasteiger partial charge in [-0.15, -0.1) is 0 Å². The molecule has 0 bridgehead atoms. The van der Waals surface area contributed by atoms with Crippen molar-refractivity contribution in [2.24, 2.45) is 5.73 Å². The van der Waals surface area contributed by atoms with Crippen LogP contribution < -0.4 is 10.6 Å². The van der Waals surface area contributed by atoms with Crippen molar-refractivity contribution in [1.29, 1.82) is 0 Å². The third-order valence-electron chi connectivity index (χ3n) is 7.69. The molecule has 1 saturated heterocycles. The van der Waals surface area contributed by atoms with Gasteiger partial charge in [0, 0.05) is 55.5 Å². The van der Waals surface area contributed by atoms with E-state index in [-0.39, 0.29) is 17.9 Å². The minimum atomic E-state index is -0.248. The molecule has 9 nitrogen and oxygen atoms in total. The molecule has 1 aliphatic heterocycles. The van der Waals surface area contributed by atoms with Crippen LogP contribution in [0, 0.1) is 13.8 Å². The summed E-state index contributed by atoms with van der Waals surface area (Å²) < 4.78 is 1.85. The van der Waals surface area contributed by atoms with Gasteiger partial charge in [0.15, 0.2) is 5.65 Å². The highest BCUT2D eigenvalue weighted by Gasteiger charge is 2.30. The van der Waals surface area contributed by atoms with Crippen molar-refractivity contribution < 1.29 is 4.79 Å². The zero-order valence-electron chi connectivity index (χ0n) is 22.0. The van der Waals surface area contributed by atoms with Crippen LogP contribution in [0.2, 0.25) is 0 Å². The number of hydrogen-bond acceptors (Lipinski definition) is 6. The van der Waals surface area contributed by atoms with Gasteiger partial charge in [-0.1, -0.05) is 13.8 Å². The summed E-state index contributed by atoms with van der Waals surface area (Å²) >= 11 is 0. The molecule has 0 spiro atoms. The van der Waals surface area contributed by atoms with Crippen molar-refractivity contribution >= 4 is 28.4 Å². The second kappa shape index (κ2) is 9.20. The maximum atomic E-state index is 11.3. The maximum Gasteiger partial charge on any atom is 0.218 e. The van der Waals surface area contributed by atoms with Gasteiger partial charge in [0.25, 0.3) is 0 Å². The molecule has 4 aromatic rings. The van der Waals surface area contributed by atoms with E-state index in [1.807, 2.05) is 4.52 Å². The van der Waals surface area contributed by atoms with E-state index >= 15 is 0 Å². The van der Waals surface area contributed by atoms with Gasteiger partial charge >= 0.3 is 0 Å². The molecule has 0 aliphatic carbocycles. The first-order chi connectivity index (χ1) is 17.2. The lowest BCUT2D eigenvalue weighted by atomic mass is 9.95. The molecule has 1 amide bonds. The molecule has 0 unspecified atom stereocenters. The van der Waals surface area contributed by atoms with Gasteiger partial charge in [-0.05, 0) is 56.9 Å². The second-order valence-electron chi connectivity index (χ2n) is 10.5. The number of piperazine rings is 1. The summed E-state index contributed by atoms with van der Waals surface area (Å²) in [5, 5.41) is 4.39. The minimum absolute atomic E-state index is 0.248. The standard InChI is InChI=1S/C27H36N8O/c1-15(2)24-25(20-13-35-27(29-14-30-35)19(6)18(20)5)31-21-7-8-23(32-26(21)24)34-12-16(3)33(11-17(34)4)10-9-22(28)36/h7-8,13-17,31H,9-12H2,1-6H3,(H2,28,36)/t16-,17+/m0/s1. The van der Waals surface area contributed by atoms with Crippen molar-refractivity contribution in [1.82, 2.24) is 29.5 Å².